The summed E-state index contributed by atoms with van der Waals surface area (Å²) < 4.78 is 65.2. The van der Waals surface area contributed by atoms with Crippen LogP contribution in [-0.2, 0) is 68.0 Å². The van der Waals surface area contributed by atoms with Gasteiger partial charge in [-0.05, 0) is 253 Å². The van der Waals surface area contributed by atoms with Gasteiger partial charge in [-0.15, -0.1) is 10.2 Å². The van der Waals surface area contributed by atoms with Gasteiger partial charge in [0.2, 0.25) is 17.7 Å². The highest BCUT2D eigenvalue weighted by Crippen LogP contribution is 2.35. The zero-order valence-corrected chi connectivity index (χ0v) is 74.1. The van der Waals surface area contributed by atoms with E-state index in [1.807, 2.05) is 171 Å². The SMILES string of the molecule is CCOC(=O)CCc1ccc(-c2ccc(-n3ccnn3)cc2)n1-c1ccc(C(N)=O)cc1C.CCOC(=O)CCc1ccc(-c2ccc(N)cc2)n1-c1ccc(C(N)=O)cc1C.Cc1cc(C(N)=O)ccc1-n1c(CCC(=O)O)ccc1-c1ccc(-n2ccnn2)cc1.Cc1ccc(S(=O)(=O)N/N=C/C(Cl)Cl)cc1.Cc1ccc(S(=O)(=O)NN)cc1.O=CC(Cl)Cl. The number of aldehydes is 1. The third-order valence-corrected chi connectivity index (χ3v) is 21.5. The fourth-order valence-corrected chi connectivity index (χ4v) is 14.1. The van der Waals surface area contributed by atoms with Crippen LogP contribution in [0.1, 0.15) is 109 Å². The normalized spacial score (nSPS) is 11.0. The van der Waals surface area contributed by atoms with Crippen LogP contribution < -0.4 is 38.4 Å². The number of carbonyl (C=O) groups is 7. The average molecular weight is 1830 g/mol. The lowest BCUT2D eigenvalue weighted by molar-refractivity contribution is -0.144. The van der Waals surface area contributed by atoms with E-state index in [4.69, 9.17) is 89.8 Å². The number of esters is 2. The summed E-state index contributed by atoms with van der Waals surface area (Å²) in [7, 11) is -7.13. The van der Waals surface area contributed by atoms with Crippen molar-refractivity contribution in [2.75, 3.05) is 18.9 Å². The summed E-state index contributed by atoms with van der Waals surface area (Å²) in [5.74, 6) is 2.10. The molecule has 0 fully saturated rings. The number of hydrazone groups is 1. The summed E-state index contributed by atoms with van der Waals surface area (Å²) in [6.07, 6.45) is 10.4. The van der Waals surface area contributed by atoms with Crippen LogP contribution in [0.15, 0.2) is 252 Å². The summed E-state index contributed by atoms with van der Waals surface area (Å²) in [6.45, 7) is 13.8. The quantitative estimate of drug-likeness (QED) is 0.00410. The van der Waals surface area contributed by atoms with Crippen LogP contribution in [0.2, 0.25) is 0 Å². The van der Waals surface area contributed by atoms with Crippen molar-refractivity contribution in [2.45, 2.75) is 106 Å². The second-order valence-corrected chi connectivity index (χ2v) is 33.3. The zero-order valence-electron chi connectivity index (χ0n) is 69.4. The number of primary amides is 3. The van der Waals surface area contributed by atoms with E-state index in [1.165, 1.54) is 24.3 Å². The number of aryl methyl sites for hydroxylation is 8. The van der Waals surface area contributed by atoms with Crippen LogP contribution in [0.4, 0.5) is 5.69 Å². The topological polar surface area (TPSA) is 469 Å². The van der Waals surface area contributed by atoms with E-state index < -0.39 is 53.4 Å². The van der Waals surface area contributed by atoms with Crippen molar-refractivity contribution in [3.8, 4) is 62.2 Å². The molecule has 0 spiro atoms. The molecule has 5 heterocycles. The highest BCUT2D eigenvalue weighted by molar-refractivity contribution is 7.89. The first-order valence-electron chi connectivity index (χ1n) is 38.7. The molecule has 0 aliphatic heterocycles. The minimum absolute atomic E-state index is 0.0209. The first-order valence-corrected chi connectivity index (χ1v) is 43.4. The van der Waals surface area contributed by atoms with Gasteiger partial charge in [0.1, 0.15) is 4.84 Å². The van der Waals surface area contributed by atoms with Crippen LogP contribution in [-0.4, -0.2) is 137 Å². The van der Waals surface area contributed by atoms with E-state index in [1.54, 1.807) is 113 Å². The third-order valence-electron chi connectivity index (χ3n) is 18.6. The Morgan fingerprint density at radius 3 is 1.09 bits per heavy atom. The number of aliphatic carboxylic acids is 1. The highest BCUT2D eigenvalue weighted by Gasteiger charge is 2.22. The summed E-state index contributed by atoms with van der Waals surface area (Å²) in [4.78, 5) is 81.3. The fraction of sp³-hybridized carbons (Fsp3) is 0.191. The number of carboxylic acid groups (broad SMARTS) is 1. The molecule has 0 unspecified atom stereocenters. The monoisotopic (exact) mass is 1830 g/mol. The summed E-state index contributed by atoms with van der Waals surface area (Å²) in [5, 5.41) is 28.3. The van der Waals surface area contributed by atoms with Gasteiger partial charge in [-0.1, -0.05) is 129 Å². The number of sulfonamides is 2. The Morgan fingerprint density at radius 2 is 0.802 bits per heavy atom. The molecule has 658 valence electrons. The Hall–Kier alpha value is -13.4. The van der Waals surface area contributed by atoms with Crippen LogP contribution in [0.5, 0.6) is 0 Å². The van der Waals surface area contributed by atoms with Crippen molar-refractivity contribution in [3.63, 3.8) is 0 Å². The highest BCUT2D eigenvalue weighted by atomic mass is 35.5. The number of rotatable bonds is 29. The first-order chi connectivity index (χ1) is 60.1. The molecular weight excluding hydrogens is 1740 g/mol. The maximum Gasteiger partial charge on any atom is 0.306 e. The molecule has 3 amide bonds. The number of ether oxygens (including phenoxy) is 2. The van der Waals surface area contributed by atoms with Gasteiger partial charge in [-0.25, -0.2) is 22.6 Å². The lowest BCUT2D eigenvalue weighted by Gasteiger charge is -2.17. The molecule has 0 aliphatic rings. The Bertz CT molecular complexity index is 6150. The smallest absolute Gasteiger partial charge is 0.306 e. The lowest BCUT2D eigenvalue weighted by atomic mass is 10.1. The Balaban J connectivity index is 0.000000199. The number of hydrazine groups is 1. The molecule has 13 rings (SSSR count). The van der Waals surface area contributed by atoms with E-state index >= 15 is 0 Å². The van der Waals surface area contributed by atoms with Gasteiger partial charge < -0.3 is 56.0 Å². The second-order valence-electron chi connectivity index (χ2n) is 27.6. The van der Waals surface area contributed by atoms with E-state index in [2.05, 4.69) is 34.9 Å². The van der Waals surface area contributed by atoms with Crippen molar-refractivity contribution in [1.82, 2.24) is 53.4 Å². The van der Waals surface area contributed by atoms with Crippen molar-refractivity contribution in [1.29, 1.82) is 0 Å². The van der Waals surface area contributed by atoms with E-state index in [9.17, 15) is 50.4 Å². The van der Waals surface area contributed by atoms with Gasteiger partial charge in [-0.3, -0.25) is 34.6 Å². The molecule has 0 saturated heterocycles. The van der Waals surface area contributed by atoms with Crippen LogP contribution in [0.3, 0.4) is 0 Å². The number of benzene rings is 8. The molecule has 0 aliphatic carbocycles. The number of carbonyl (C=O) groups excluding carboxylic acids is 6. The van der Waals surface area contributed by atoms with Crippen molar-refractivity contribution >= 4 is 120 Å². The second kappa shape index (κ2) is 46.9. The largest absolute Gasteiger partial charge is 0.481 e. The number of carboxylic acids is 1. The minimum Gasteiger partial charge on any atom is -0.481 e. The Labute approximate surface area is 748 Å². The number of aromatic nitrogens is 9. The van der Waals surface area contributed by atoms with Crippen molar-refractivity contribution in [2.24, 2.45) is 28.1 Å². The number of alkyl halides is 4. The van der Waals surface area contributed by atoms with E-state index in [-0.39, 0.29) is 41.0 Å². The van der Waals surface area contributed by atoms with E-state index in [0.717, 1.165) is 113 Å². The van der Waals surface area contributed by atoms with E-state index in [0.29, 0.717) is 61.1 Å². The number of nitrogens with two attached hydrogens (primary N) is 5. The molecule has 13 N–H and O–H groups in total. The van der Waals surface area contributed by atoms with Crippen LogP contribution in [0.25, 0.3) is 62.2 Å². The summed E-state index contributed by atoms with van der Waals surface area (Å²) in [5.41, 5.74) is 41.9. The number of nitrogen functional groups attached to an aromatic ring is 1. The Kier molecular flexibility index (Phi) is 36.5. The maximum absolute atomic E-state index is 12.0. The molecule has 0 radical (unpaired) electrons. The first kappa shape index (κ1) is 98.1. The zero-order chi connectivity index (χ0) is 92.0. The number of nitrogens with zero attached hydrogens (tertiary/aromatic N) is 10. The molecule has 126 heavy (non-hydrogen) atoms. The van der Waals surface area contributed by atoms with Gasteiger partial charge in [0.15, 0.2) is 11.1 Å². The van der Waals surface area contributed by atoms with Gasteiger partial charge in [0.25, 0.3) is 20.0 Å². The Morgan fingerprint density at radius 1 is 0.468 bits per heavy atom. The van der Waals surface area contributed by atoms with Crippen molar-refractivity contribution in [3.05, 3.63) is 299 Å². The number of halogens is 4. The number of nitrogens with one attached hydrogen (secondary N) is 2. The third kappa shape index (κ3) is 28.1. The van der Waals surface area contributed by atoms with Gasteiger partial charge in [-0.2, -0.15) is 18.4 Å². The van der Waals surface area contributed by atoms with Gasteiger partial charge >= 0.3 is 17.9 Å². The van der Waals surface area contributed by atoms with Crippen molar-refractivity contribution < 1.29 is 65.0 Å². The molecule has 0 bridgehead atoms. The number of amides is 3. The van der Waals surface area contributed by atoms with Gasteiger partial charge in [0, 0.05) is 56.5 Å². The minimum atomic E-state index is -3.64. The van der Waals surface area contributed by atoms with Gasteiger partial charge in [0.05, 0.1) is 102 Å². The summed E-state index contributed by atoms with van der Waals surface area (Å²) >= 11 is 20.4. The average Bonchev–Trinajstić information content (AvgIpc) is 1.62. The molecule has 5 aromatic heterocycles. The predicted octanol–water partition coefficient (Wildman–Crippen LogP) is 13.6. The molecule has 37 heteroatoms. The predicted molar refractivity (Wildman–Crippen MR) is 486 cm³/mol. The molecule has 8 aromatic carbocycles. The molecule has 0 atom stereocenters. The molecule has 31 nitrogen and oxygen atoms in total. The lowest BCUT2D eigenvalue weighted by Crippen LogP contribution is -2.30. The molecule has 13 aromatic rings. The summed E-state index contributed by atoms with van der Waals surface area (Å²) in [6, 6.07) is 64.3. The number of hydrogen-bond donors (Lipinski definition) is 8. The van der Waals surface area contributed by atoms with Crippen LogP contribution in [0, 0.1) is 34.6 Å². The molecular formula is C89H93Cl4N17O14S2. The van der Waals surface area contributed by atoms with Crippen LogP contribution >= 0.6 is 46.4 Å². The maximum atomic E-state index is 12.0. The fourth-order valence-electron chi connectivity index (χ4n) is 12.5. The number of anilines is 1. The standard InChI is InChI=1S/C25H25N5O3.C23H21N5O3.C23H25N3O3.C9H10Cl2N2O2S.C7H10N2O2S.C2H2Cl2O/c1-3-33-24(31)13-10-21-9-12-23(18-4-7-20(8-5-18)29-15-14-27-28-29)30(21)22-11-6-19(25(26)32)16-17(22)2;1-15-14-17(23(24)31)4-9-20(15)28-19(8-11-22(29)30)7-10-21(28)16-2-5-18(6-3-16)27-13-12-25-26-27;1-3-29-22(27)13-10-19-9-12-21(16-4-7-18(24)8-5-16)26(19)20-11-6-17(23(25)28)14-15(20)2;1-7-2-4-8(5-3-7)16(14,15)13-12-6-9(10)11;1-6-2-4-7(5-3-6)12(10,11)9-8;3-2(4)1-5/h4-9,11-12,14-16H,3,10,13H2,1-2H3,(H2,26,32);2-7,9-10,12-14H,8,11H2,1H3,(H2,24,31)(H,29,30);4-9,11-12,14H,3,10,13,24H2,1-2H3,(H2,25,28);2-6,9,13H,1H3;2-5,9H,8H2,1H3;1-2H/b;;;12-6+;;. The molecule has 0 saturated carbocycles. The number of hydrogen-bond acceptors (Lipinski definition) is 20.